The van der Waals surface area contributed by atoms with E-state index in [2.05, 4.69) is 55.4 Å². The van der Waals surface area contributed by atoms with Gasteiger partial charge in [0.2, 0.25) is 0 Å². The van der Waals surface area contributed by atoms with Gasteiger partial charge in [0.25, 0.3) is 0 Å². The van der Waals surface area contributed by atoms with Crippen LogP contribution in [0.3, 0.4) is 0 Å². The Morgan fingerprint density at radius 3 is 2.94 bits per heavy atom. The van der Waals surface area contributed by atoms with Gasteiger partial charge in [0.05, 0.1) is 0 Å². The van der Waals surface area contributed by atoms with Gasteiger partial charge in [-0.05, 0) is 38.4 Å². The lowest BCUT2D eigenvalue weighted by Gasteiger charge is -2.32. The van der Waals surface area contributed by atoms with Crippen molar-refractivity contribution >= 4 is 5.69 Å². The van der Waals surface area contributed by atoms with Crippen molar-refractivity contribution in [3.63, 3.8) is 0 Å². The Labute approximate surface area is 105 Å². The maximum atomic E-state index is 3.49. The van der Waals surface area contributed by atoms with Crippen LogP contribution in [0.2, 0.25) is 0 Å². The second-order valence-electron chi connectivity index (χ2n) is 5.20. The summed E-state index contributed by atoms with van der Waals surface area (Å²) in [5.41, 5.74) is 2.83. The van der Waals surface area contributed by atoms with E-state index in [0.717, 1.165) is 6.54 Å². The normalized spacial score (nSPS) is 20.8. The molecule has 1 heterocycles. The fourth-order valence-corrected chi connectivity index (χ4v) is 2.58. The van der Waals surface area contributed by atoms with Crippen molar-refractivity contribution in [2.45, 2.75) is 38.6 Å². The molecule has 0 saturated carbocycles. The molecule has 94 valence electrons. The predicted octanol–water partition coefficient (Wildman–Crippen LogP) is 3.32. The second kappa shape index (κ2) is 5.54. The number of nitrogens with zero attached hydrogens (tertiary/aromatic N) is 1. The minimum Gasteiger partial charge on any atom is -0.385 e. The van der Waals surface area contributed by atoms with Crippen LogP contribution in [-0.2, 0) is 0 Å². The molecule has 0 saturated heterocycles. The zero-order chi connectivity index (χ0) is 12.3. The average molecular weight is 232 g/mol. The summed E-state index contributed by atoms with van der Waals surface area (Å²) in [6.45, 7) is 6.86. The zero-order valence-corrected chi connectivity index (χ0v) is 11.2. The molecule has 0 spiro atoms. The number of rotatable bonds is 4. The molecule has 2 atom stereocenters. The van der Waals surface area contributed by atoms with Gasteiger partial charge in [-0.25, -0.2) is 0 Å². The molecule has 1 N–H and O–H groups in total. The predicted molar refractivity (Wildman–Crippen MR) is 74.7 cm³/mol. The zero-order valence-electron chi connectivity index (χ0n) is 11.2. The van der Waals surface area contributed by atoms with Crippen LogP contribution in [0.1, 0.15) is 38.2 Å². The number of anilines is 1. The molecule has 1 aromatic carbocycles. The van der Waals surface area contributed by atoms with E-state index in [0.29, 0.717) is 12.0 Å². The molecular formula is C15H24N2. The van der Waals surface area contributed by atoms with Crippen LogP contribution in [0.5, 0.6) is 0 Å². The quantitative estimate of drug-likeness (QED) is 0.856. The SMILES string of the molecule is CCC(C)N(C)CC1CCNc2ccccc21. The number of benzene rings is 1. The first-order chi connectivity index (χ1) is 8.22. The summed E-state index contributed by atoms with van der Waals surface area (Å²) in [5.74, 6) is 0.687. The van der Waals surface area contributed by atoms with Gasteiger partial charge in [-0.3, -0.25) is 0 Å². The van der Waals surface area contributed by atoms with Crippen molar-refractivity contribution in [1.29, 1.82) is 0 Å². The van der Waals surface area contributed by atoms with Gasteiger partial charge in [0.15, 0.2) is 0 Å². The summed E-state index contributed by atoms with van der Waals surface area (Å²) in [6, 6.07) is 9.42. The molecule has 0 aromatic heterocycles. The molecule has 2 heteroatoms. The van der Waals surface area contributed by atoms with Crippen LogP contribution in [0.4, 0.5) is 5.69 Å². The van der Waals surface area contributed by atoms with E-state index in [9.17, 15) is 0 Å². The Kier molecular flexibility index (Phi) is 4.06. The highest BCUT2D eigenvalue weighted by Gasteiger charge is 2.21. The molecule has 17 heavy (non-hydrogen) atoms. The van der Waals surface area contributed by atoms with Crippen LogP contribution in [0.15, 0.2) is 24.3 Å². The molecule has 0 aliphatic carbocycles. The number of para-hydroxylation sites is 1. The smallest absolute Gasteiger partial charge is 0.0376 e. The van der Waals surface area contributed by atoms with Gasteiger partial charge < -0.3 is 10.2 Å². The van der Waals surface area contributed by atoms with Gasteiger partial charge in [-0.1, -0.05) is 25.1 Å². The van der Waals surface area contributed by atoms with Crippen molar-refractivity contribution in [3.8, 4) is 0 Å². The molecule has 1 aliphatic rings. The lowest BCUT2D eigenvalue weighted by atomic mass is 9.90. The van der Waals surface area contributed by atoms with Crippen molar-refractivity contribution < 1.29 is 0 Å². The maximum absolute atomic E-state index is 3.49. The first kappa shape index (κ1) is 12.4. The van der Waals surface area contributed by atoms with E-state index in [4.69, 9.17) is 0 Å². The van der Waals surface area contributed by atoms with Crippen molar-refractivity contribution in [1.82, 2.24) is 4.90 Å². The monoisotopic (exact) mass is 232 g/mol. The third-order valence-electron chi connectivity index (χ3n) is 4.06. The Hall–Kier alpha value is -1.02. The molecule has 0 amide bonds. The van der Waals surface area contributed by atoms with Crippen LogP contribution < -0.4 is 5.32 Å². The highest BCUT2D eigenvalue weighted by atomic mass is 15.1. The summed E-state index contributed by atoms with van der Waals surface area (Å²) >= 11 is 0. The lowest BCUT2D eigenvalue weighted by molar-refractivity contribution is 0.233. The third-order valence-corrected chi connectivity index (χ3v) is 4.06. The minimum absolute atomic E-state index is 0.678. The van der Waals surface area contributed by atoms with Gasteiger partial charge >= 0.3 is 0 Å². The van der Waals surface area contributed by atoms with Crippen LogP contribution in [0, 0.1) is 0 Å². The first-order valence-corrected chi connectivity index (χ1v) is 6.75. The second-order valence-corrected chi connectivity index (χ2v) is 5.20. The van der Waals surface area contributed by atoms with Crippen molar-refractivity contribution in [3.05, 3.63) is 29.8 Å². The fraction of sp³-hybridized carbons (Fsp3) is 0.600. The standard InChI is InChI=1S/C15H24N2/c1-4-12(2)17(3)11-13-9-10-16-15-8-6-5-7-14(13)15/h5-8,12-13,16H,4,9-11H2,1-3H3. The summed E-state index contributed by atoms with van der Waals surface area (Å²) in [4.78, 5) is 2.49. The molecule has 1 aliphatic heterocycles. The molecule has 2 unspecified atom stereocenters. The molecule has 0 bridgehead atoms. The lowest BCUT2D eigenvalue weighted by Crippen LogP contribution is -2.34. The van der Waals surface area contributed by atoms with Gasteiger partial charge in [0.1, 0.15) is 0 Å². The Morgan fingerprint density at radius 1 is 1.41 bits per heavy atom. The van der Waals surface area contributed by atoms with Crippen molar-refractivity contribution in [2.24, 2.45) is 0 Å². The van der Waals surface area contributed by atoms with E-state index in [1.807, 2.05) is 0 Å². The number of hydrogen-bond donors (Lipinski definition) is 1. The van der Waals surface area contributed by atoms with E-state index in [1.54, 1.807) is 0 Å². The van der Waals surface area contributed by atoms with Crippen LogP contribution in [-0.4, -0.2) is 31.1 Å². The first-order valence-electron chi connectivity index (χ1n) is 6.75. The summed E-state index contributed by atoms with van der Waals surface area (Å²) in [6.07, 6.45) is 2.47. The Balaban J connectivity index is 2.08. The van der Waals surface area contributed by atoms with Crippen molar-refractivity contribution in [2.75, 3.05) is 25.5 Å². The van der Waals surface area contributed by atoms with E-state index in [1.165, 1.54) is 30.6 Å². The molecule has 2 nitrogen and oxygen atoms in total. The highest BCUT2D eigenvalue weighted by Crippen LogP contribution is 2.31. The van der Waals surface area contributed by atoms with Crippen LogP contribution >= 0.6 is 0 Å². The highest BCUT2D eigenvalue weighted by molar-refractivity contribution is 5.54. The van der Waals surface area contributed by atoms with Gasteiger partial charge in [0, 0.05) is 30.7 Å². The number of hydrogen-bond acceptors (Lipinski definition) is 2. The van der Waals surface area contributed by atoms with Crippen LogP contribution in [0.25, 0.3) is 0 Å². The Bertz CT molecular complexity index is 362. The molecule has 0 radical (unpaired) electrons. The van der Waals surface area contributed by atoms with Gasteiger partial charge in [-0.2, -0.15) is 0 Å². The maximum Gasteiger partial charge on any atom is 0.0376 e. The summed E-state index contributed by atoms with van der Waals surface area (Å²) in [5, 5.41) is 3.49. The number of fused-ring (bicyclic) bond motifs is 1. The third kappa shape index (κ3) is 2.81. The number of likely N-dealkylation sites (N-methyl/N-ethyl adjacent to an activating group) is 1. The van der Waals surface area contributed by atoms with Gasteiger partial charge in [-0.15, -0.1) is 0 Å². The molecule has 0 fully saturated rings. The topological polar surface area (TPSA) is 15.3 Å². The molecular weight excluding hydrogens is 208 g/mol. The summed E-state index contributed by atoms with van der Waals surface area (Å²) < 4.78 is 0. The minimum atomic E-state index is 0.678. The van der Waals surface area contributed by atoms with E-state index < -0.39 is 0 Å². The Morgan fingerprint density at radius 2 is 2.18 bits per heavy atom. The van der Waals surface area contributed by atoms with E-state index in [-0.39, 0.29) is 0 Å². The largest absolute Gasteiger partial charge is 0.385 e. The molecule has 1 aromatic rings. The fourth-order valence-electron chi connectivity index (χ4n) is 2.58. The average Bonchev–Trinajstić information content (AvgIpc) is 2.38. The number of nitrogens with one attached hydrogen (secondary N) is 1. The summed E-state index contributed by atoms with van der Waals surface area (Å²) in [7, 11) is 2.25. The molecule has 2 rings (SSSR count). The van der Waals surface area contributed by atoms with E-state index >= 15 is 0 Å².